The number of aryl methyl sites for hydroxylation is 1. The molecular formula is C28H28FN3O6. The first kappa shape index (κ1) is 24.7. The highest BCUT2D eigenvalue weighted by atomic mass is 19.1. The van der Waals surface area contributed by atoms with E-state index in [0.717, 1.165) is 12.8 Å². The van der Waals surface area contributed by atoms with Crippen molar-refractivity contribution >= 4 is 22.8 Å². The number of fused-ring (bicyclic) bond motifs is 5. The molecule has 10 heteroatoms. The molecule has 1 aliphatic carbocycles. The summed E-state index contributed by atoms with van der Waals surface area (Å²) < 4.78 is 21.3. The largest absolute Gasteiger partial charge is 0.458 e. The zero-order valence-corrected chi connectivity index (χ0v) is 21.3. The minimum atomic E-state index is -1.96. The Kier molecular flexibility index (Phi) is 5.48. The topological polar surface area (TPSA) is 131 Å². The number of rotatable bonds is 5. The molecule has 3 aromatic rings. The van der Waals surface area contributed by atoms with Crippen LogP contribution in [0.5, 0.6) is 0 Å². The number of amides is 1. The number of cyclic esters (lactones) is 1. The molecule has 0 unspecified atom stereocenters. The monoisotopic (exact) mass is 521 g/mol. The summed E-state index contributed by atoms with van der Waals surface area (Å²) in [5.41, 5.74) is 0.913. The molecule has 4 heterocycles. The zero-order valence-electron chi connectivity index (χ0n) is 21.3. The van der Waals surface area contributed by atoms with Crippen LogP contribution in [0.25, 0.3) is 22.3 Å². The highest BCUT2D eigenvalue weighted by molar-refractivity contribution is 5.91. The Morgan fingerprint density at radius 3 is 2.71 bits per heavy atom. The standard InChI is InChI=1S/C28H28FN3O6/c1-4-28(37)18-8-21-23-16(10-32(21)26(35)17(18)11-38-27(28)36)22(13(3)30-25(34)24(33)14-5-6-14)15-7-12(2)19(29)9-20(15)31-23/h7-9,13-14,24,33,37H,4-6,10-11H2,1-3H3,(H,30,34)/t13-,24-,28+/m1/s1. The highest BCUT2D eigenvalue weighted by Crippen LogP contribution is 2.42. The van der Waals surface area contributed by atoms with Gasteiger partial charge in [0, 0.05) is 22.6 Å². The van der Waals surface area contributed by atoms with Crippen molar-refractivity contribution in [2.24, 2.45) is 5.92 Å². The van der Waals surface area contributed by atoms with Crippen LogP contribution in [0.4, 0.5) is 4.39 Å². The Morgan fingerprint density at radius 2 is 2.03 bits per heavy atom. The van der Waals surface area contributed by atoms with Crippen LogP contribution in [0.2, 0.25) is 0 Å². The second-order valence-electron chi connectivity index (χ2n) is 10.6. The van der Waals surface area contributed by atoms with Crippen molar-refractivity contribution in [2.45, 2.75) is 70.9 Å². The number of pyridine rings is 2. The van der Waals surface area contributed by atoms with Crippen LogP contribution in [0.3, 0.4) is 0 Å². The average molecular weight is 522 g/mol. The number of esters is 1. The summed E-state index contributed by atoms with van der Waals surface area (Å²) in [7, 11) is 0. The van der Waals surface area contributed by atoms with Crippen molar-refractivity contribution < 1.29 is 28.9 Å². The number of ether oxygens (including phenoxy) is 1. The summed E-state index contributed by atoms with van der Waals surface area (Å²) in [4.78, 5) is 43.6. The van der Waals surface area contributed by atoms with Gasteiger partial charge in [-0.15, -0.1) is 0 Å². The molecular weight excluding hydrogens is 493 g/mol. The van der Waals surface area contributed by atoms with Crippen molar-refractivity contribution in [3.63, 3.8) is 0 Å². The molecule has 2 aliphatic heterocycles. The van der Waals surface area contributed by atoms with Gasteiger partial charge in [-0.25, -0.2) is 14.2 Å². The van der Waals surface area contributed by atoms with Crippen molar-refractivity contribution in [3.05, 3.63) is 62.2 Å². The van der Waals surface area contributed by atoms with E-state index in [1.807, 2.05) is 0 Å². The second-order valence-corrected chi connectivity index (χ2v) is 10.6. The van der Waals surface area contributed by atoms with Gasteiger partial charge >= 0.3 is 5.97 Å². The first-order chi connectivity index (χ1) is 18.0. The summed E-state index contributed by atoms with van der Waals surface area (Å²) >= 11 is 0. The van der Waals surface area contributed by atoms with Gasteiger partial charge in [0.15, 0.2) is 5.60 Å². The predicted molar refractivity (Wildman–Crippen MR) is 135 cm³/mol. The average Bonchev–Trinajstić information content (AvgIpc) is 3.67. The van der Waals surface area contributed by atoms with Crippen LogP contribution in [0, 0.1) is 18.7 Å². The summed E-state index contributed by atoms with van der Waals surface area (Å²) in [6.45, 7) is 4.94. The van der Waals surface area contributed by atoms with E-state index < -0.39 is 41.0 Å². The number of nitrogens with zero attached hydrogens (tertiary/aromatic N) is 2. The molecule has 38 heavy (non-hydrogen) atoms. The minimum Gasteiger partial charge on any atom is -0.458 e. The van der Waals surface area contributed by atoms with Crippen LogP contribution < -0.4 is 10.9 Å². The van der Waals surface area contributed by atoms with E-state index in [2.05, 4.69) is 5.32 Å². The van der Waals surface area contributed by atoms with Gasteiger partial charge in [0.25, 0.3) is 5.56 Å². The number of aliphatic hydroxyl groups excluding tert-OH is 1. The molecule has 3 aliphatic rings. The summed E-state index contributed by atoms with van der Waals surface area (Å²) in [5, 5.41) is 25.0. The molecule has 0 spiro atoms. The first-order valence-electron chi connectivity index (χ1n) is 12.8. The number of benzene rings is 1. The molecule has 3 N–H and O–H groups in total. The number of halogens is 1. The Balaban J connectivity index is 1.56. The Bertz CT molecular complexity index is 1610. The van der Waals surface area contributed by atoms with Crippen molar-refractivity contribution in [3.8, 4) is 11.4 Å². The molecule has 1 saturated carbocycles. The lowest BCUT2D eigenvalue weighted by Crippen LogP contribution is -2.44. The normalized spacial score (nSPS) is 21.4. The van der Waals surface area contributed by atoms with Gasteiger partial charge in [0.1, 0.15) is 18.5 Å². The second kappa shape index (κ2) is 8.44. The van der Waals surface area contributed by atoms with Crippen molar-refractivity contribution in [1.82, 2.24) is 14.9 Å². The molecule has 198 valence electrons. The number of hydrogen-bond acceptors (Lipinski definition) is 7. The number of hydrogen-bond donors (Lipinski definition) is 3. The van der Waals surface area contributed by atoms with E-state index in [1.165, 1.54) is 10.6 Å². The minimum absolute atomic E-state index is 0.0157. The quantitative estimate of drug-likeness (QED) is 0.344. The molecule has 0 bridgehead atoms. The number of aliphatic hydroxyl groups is 2. The summed E-state index contributed by atoms with van der Waals surface area (Å²) in [5.74, 6) is -1.79. The van der Waals surface area contributed by atoms with E-state index in [0.29, 0.717) is 39.0 Å². The van der Waals surface area contributed by atoms with Crippen LogP contribution >= 0.6 is 0 Å². The van der Waals surface area contributed by atoms with E-state index in [9.17, 15) is 29.0 Å². The molecule has 2 aromatic heterocycles. The molecule has 0 radical (unpaired) electrons. The van der Waals surface area contributed by atoms with E-state index in [4.69, 9.17) is 9.72 Å². The number of nitrogens with one attached hydrogen (secondary N) is 1. The fourth-order valence-electron chi connectivity index (χ4n) is 5.73. The first-order valence-corrected chi connectivity index (χ1v) is 12.8. The Morgan fingerprint density at radius 1 is 1.29 bits per heavy atom. The summed E-state index contributed by atoms with van der Waals surface area (Å²) in [6.07, 6.45) is 0.512. The fraction of sp³-hybridized carbons (Fsp3) is 0.429. The third-order valence-electron chi connectivity index (χ3n) is 8.14. The van der Waals surface area contributed by atoms with Gasteiger partial charge in [-0.1, -0.05) is 6.92 Å². The van der Waals surface area contributed by atoms with Crippen LogP contribution in [-0.2, 0) is 33.1 Å². The van der Waals surface area contributed by atoms with Crippen LogP contribution in [-0.4, -0.2) is 37.7 Å². The molecule has 1 aromatic carbocycles. The maximum atomic E-state index is 14.6. The zero-order chi connectivity index (χ0) is 27.1. The van der Waals surface area contributed by atoms with Gasteiger partial charge in [0.2, 0.25) is 5.91 Å². The predicted octanol–water partition coefficient (Wildman–Crippen LogP) is 2.48. The molecule has 9 nitrogen and oxygen atoms in total. The van der Waals surface area contributed by atoms with Crippen molar-refractivity contribution in [1.29, 1.82) is 0 Å². The lowest BCUT2D eigenvalue weighted by Gasteiger charge is -2.31. The number of carbonyl (C=O) groups is 2. The van der Waals surface area contributed by atoms with E-state index in [-0.39, 0.29) is 36.6 Å². The van der Waals surface area contributed by atoms with Crippen LogP contribution in [0.1, 0.15) is 67.0 Å². The fourth-order valence-corrected chi connectivity index (χ4v) is 5.73. The Hall–Kier alpha value is -3.63. The maximum absolute atomic E-state index is 14.6. The van der Waals surface area contributed by atoms with E-state index >= 15 is 0 Å². The van der Waals surface area contributed by atoms with Crippen LogP contribution in [0.15, 0.2) is 23.0 Å². The van der Waals surface area contributed by atoms with Gasteiger partial charge < -0.3 is 24.8 Å². The van der Waals surface area contributed by atoms with Crippen molar-refractivity contribution in [2.75, 3.05) is 0 Å². The SMILES string of the molecule is CC[C@@]1(O)C(=O)OCc2c1cc1n(c2=O)Cc2c-1nc1cc(F)c(C)cc1c2[C@@H](C)NC(=O)[C@H](O)C1CC1. The third kappa shape index (κ3) is 3.50. The third-order valence-corrected chi connectivity index (χ3v) is 8.14. The lowest BCUT2D eigenvalue weighted by molar-refractivity contribution is -0.172. The van der Waals surface area contributed by atoms with Gasteiger partial charge in [-0.3, -0.25) is 9.59 Å². The molecule has 0 saturated heterocycles. The number of carbonyl (C=O) groups excluding carboxylic acids is 2. The smallest absolute Gasteiger partial charge is 0.343 e. The van der Waals surface area contributed by atoms with E-state index in [1.54, 1.807) is 32.9 Å². The van der Waals surface area contributed by atoms with Gasteiger partial charge in [0.05, 0.1) is 35.1 Å². The molecule has 1 amide bonds. The lowest BCUT2D eigenvalue weighted by atomic mass is 9.86. The van der Waals surface area contributed by atoms with Gasteiger partial charge in [-0.05, 0) is 62.3 Å². The maximum Gasteiger partial charge on any atom is 0.343 e. The Labute approximate surface area is 217 Å². The highest BCUT2D eigenvalue weighted by Gasteiger charge is 2.45. The number of aromatic nitrogens is 2. The molecule has 3 atom stereocenters. The molecule has 1 fully saturated rings. The summed E-state index contributed by atoms with van der Waals surface area (Å²) in [6, 6.07) is 4.00. The van der Waals surface area contributed by atoms with Gasteiger partial charge in [-0.2, -0.15) is 0 Å². The molecule has 6 rings (SSSR count).